The zero-order chi connectivity index (χ0) is 10.1. The number of hydrogen-bond acceptors (Lipinski definition) is 2. The molecule has 0 aromatic rings. The summed E-state index contributed by atoms with van der Waals surface area (Å²) in [5.74, 6) is -0.0125. The van der Waals surface area contributed by atoms with Crippen LogP contribution in [0.4, 0.5) is 0 Å². The molecule has 0 aliphatic carbocycles. The van der Waals surface area contributed by atoms with Crippen molar-refractivity contribution in [2.45, 2.75) is 33.1 Å². The lowest BCUT2D eigenvalue weighted by atomic mass is 10.3. The molecule has 0 unspecified atom stereocenters. The van der Waals surface area contributed by atoms with Crippen molar-refractivity contribution in [1.29, 1.82) is 0 Å². The minimum Gasteiger partial charge on any atom is -0.356 e. The van der Waals surface area contributed by atoms with Gasteiger partial charge >= 0.3 is 0 Å². The standard InChI is InChI=1S/C9H18N2O2/c1-3-6-10-9(13)5-7-11-8(12)4-2/h3-7H2,1-2H3,(H,10,13)(H,11,12). The Balaban J connectivity index is 3.31. The third-order valence-electron chi connectivity index (χ3n) is 1.57. The summed E-state index contributed by atoms with van der Waals surface area (Å²) in [6.07, 6.45) is 1.77. The van der Waals surface area contributed by atoms with E-state index >= 15 is 0 Å². The van der Waals surface area contributed by atoms with Crippen LogP contribution in [0.5, 0.6) is 0 Å². The lowest BCUT2D eigenvalue weighted by molar-refractivity contribution is -0.122. The van der Waals surface area contributed by atoms with Crippen molar-refractivity contribution in [3.63, 3.8) is 0 Å². The number of carbonyl (C=O) groups excluding carboxylic acids is 2. The second kappa shape index (κ2) is 7.58. The van der Waals surface area contributed by atoms with Gasteiger partial charge in [0.15, 0.2) is 0 Å². The number of carbonyl (C=O) groups is 2. The molecule has 0 rings (SSSR count). The molecule has 76 valence electrons. The number of amides is 2. The highest BCUT2D eigenvalue weighted by atomic mass is 16.2. The average molecular weight is 186 g/mol. The maximum absolute atomic E-state index is 11.0. The summed E-state index contributed by atoms with van der Waals surface area (Å²) in [5, 5.41) is 5.37. The molecular formula is C9H18N2O2. The Kier molecular flexibility index (Phi) is 6.96. The molecule has 0 heterocycles. The van der Waals surface area contributed by atoms with Crippen molar-refractivity contribution in [1.82, 2.24) is 10.6 Å². The van der Waals surface area contributed by atoms with Gasteiger partial charge in [0.25, 0.3) is 0 Å². The Hall–Kier alpha value is -1.06. The van der Waals surface area contributed by atoms with E-state index < -0.39 is 0 Å². The molecule has 4 nitrogen and oxygen atoms in total. The van der Waals surface area contributed by atoms with E-state index in [9.17, 15) is 9.59 Å². The van der Waals surface area contributed by atoms with Crippen molar-refractivity contribution in [3.05, 3.63) is 0 Å². The molecule has 13 heavy (non-hydrogen) atoms. The van der Waals surface area contributed by atoms with Gasteiger partial charge in [0.2, 0.25) is 11.8 Å². The van der Waals surface area contributed by atoms with E-state index in [1.165, 1.54) is 0 Å². The first-order chi connectivity index (χ1) is 6.20. The lowest BCUT2D eigenvalue weighted by Gasteiger charge is -2.04. The number of rotatable bonds is 6. The predicted molar refractivity (Wildman–Crippen MR) is 51.2 cm³/mol. The molecule has 4 heteroatoms. The molecule has 0 saturated carbocycles. The summed E-state index contributed by atoms with van der Waals surface area (Å²) in [4.78, 5) is 21.8. The Bertz CT molecular complexity index is 169. The van der Waals surface area contributed by atoms with Crippen LogP contribution in [0.2, 0.25) is 0 Å². The van der Waals surface area contributed by atoms with Crippen molar-refractivity contribution in [3.8, 4) is 0 Å². The van der Waals surface area contributed by atoms with E-state index in [-0.39, 0.29) is 11.8 Å². The highest BCUT2D eigenvalue weighted by molar-refractivity contribution is 5.78. The van der Waals surface area contributed by atoms with Crippen LogP contribution in [0.15, 0.2) is 0 Å². The smallest absolute Gasteiger partial charge is 0.221 e. The van der Waals surface area contributed by atoms with Gasteiger partial charge in [-0.2, -0.15) is 0 Å². The summed E-state index contributed by atoms with van der Waals surface area (Å²) < 4.78 is 0. The van der Waals surface area contributed by atoms with Gasteiger partial charge in [0, 0.05) is 25.9 Å². The predicted octanol–water partition coefficient (Wildman–Crippen LogP) is 0.429. The molecule has 0 radical (unpaired) electrons. The second-order valence-electron chi connectivity index (χ2n) is 2.80. The van der Waals surface area contributed by atoms with Gasteiger partial charge in [-0.3, -0.25) is 9.59 Å². The molecule has 0 atom stereocenters. The maximum atomic E-state index is 11.0. The molecular weight excluding hydrogens is 168 g/mol. The summed E-state index contributed by atoms with van der Waals surface area (Å²) in [5.41, 5.74) is 0. The fraction of sp³-hybridized carbons (Fsp3) is 0.778. The molecule has 2 N–H and O–H groups in total. The van der Waals surface area contributed by atoms with Crippen LogP contribution in [0.25, 0.3) is 0 Å². The van der Waals surface area contributed by atoms with Gasteiger partial charge < -0.3 is 10.6 Å². The second-order valence-corrected chi connectivity index (χ2v) is 2.80. The fourth-order valence-corrected chi connectivity index (χ4v) is 0.793. The summed E-state index contributed by atoms with van der Waals surface area (Å²) in [6.45, 7) is 4.93. The first-order valence-corrected chi connectivity index (χ1v) is 4.74. The van der Waals surface area contributed by atoms with Crippen molar-refractivity contribution < 1.29 is 9.59 Å². The fourth-order valence-electron chi connectivity index (χ4n) is 0.793. The van der Waals surface area contributed by atoms with Gasteiger partial charge in [0.05, 0.1) is 0 Å². The molecule has 0 bridgehead atoms. The minimum atomic E-state index is -0.0108. The van der Waals surface area contributed by atoms with Crippen LogP contribution >= 0.6 is 0 Å². The van der Waals surface area contributed by atoms with E-state index in [1.54, 1.807) is 6.92 Å². The summed E-state index contributed by atoms with van der Waals surface area (Å²) in [7, 11) is 0. The first kappa shape index (κ1) is 11.9. The maximum Gasteiger partial charge on any atom is 0.221 e. The summed E-state index contributed by atoms with van der Waals surface area (Å²) >= 11 is 0. The van der Waals surface area contributed by atoms with Gasteiger partial charge in [-0.1, -0.05) is 13.8 Å². The van der Waals surface area contributed by atoms with Crippen molar-refractivity contribution in [2.75, 3.05) is 13.1 Å². The van der Waals surface area contributed by atoms with Gasteiger partial charge in [-0.05, 0) is 6.42 Å². The number of hydrogen-bond donors (Lipinski definition) is 2. The SMILES string of the molecule is CCCNC(=O)CCNC(=O)CC. The summed E-state index contributed by atoms with van der Waals surface area (Å²) in [6, 6.07) is 0. The number of nitrogens with one attached hydrogen (secondary N) is 2. The first-order valence-electron chi connectivity index (χ1n) is 4.74. The molecule has 0 spiro atoms. The van der Waals surface area contributed by atoms with Crippen LogP contribution in [-0.4, -0.2) is 24.9 Å². The van der Waals surface area contributed by atoms with Crippen LogP contribution in [-0.2, 0) is 9.59 Å². The largest absolute Gasteiger partial charge is 0.356 e. The topological polar surface area (TPSA) is 58.2 Å². The van der Waals surface area contributed by atoms with Crippen molar-refractivity contribution in [2.24, 2.45) is 0 Å². The van der Waals surface area contributed by atoms with Crippen LogP contribution in [0.3, 0.4) is 0 Å². The molecule has 2 amide bonds. The molecule has 0 aliphatic heterocycles. The normalized spacial score (nSPS) is 9.38. The zero-order valence-corrected chi connectivity index (χ0v) is 8.35. The highest BCUT2D eigenvalue weighted by Crippen LogP contribution is 1.80. The van der Waals surface area contributed by atoms with Gasteiger partial charge in [-0.15, -0.1) is 0 Å². The van der Waals surface area contributed by atoms with Crippen molar-refractivity contribution >= 4 is 11.8 Å². The van der Waals surface area contributed by atoms with Gasteiger partial charge in [0.1, 0.15) is 0 Å². The molecule has 0 aromatic heterocycles. The Labute approximate surface area is 79.1 Å². The molecule has 0 saturated heterocycles. The van der Waals surface area contributed by atoms with E-state index in [1.807, 2.05) is 6.92 Å². The Morgan fingerprint density at radius 1 is 1.00 bits per heavy atom. The zero-order valence-electron chi connectivity index (χ0n) is 8.35. The molecule has 0 aromatic carbocycles. The van der Waals surface area contributed by atoms with Crippen LogP contribution in [0.1, 0.15) is 33.1 Å². The highest BCUT2D eigenvalue weighted by Gasteiger charge is 2.00. The quantitative estimate of drug-likeness (QED) is 0.632. The average Bonchev–Trinajstić information content (AvgIpc) is 2.14. The van der Waals surface area contributed by atoms with Crippen LogP contribution in [0, 0.1) is 0 Å². The molecule has 0 fully saturated rings. The third-order valence-corrected chi connectivity index (χ3v) is 1.57. The van der Waals surface area contributed by atoms with E-state index in [0.29, 0.717) is 25.9 Å². The monoisotopic (exact) mass is 186 g/mol. The van der Waals surface area contributed by atoms with Crippen LogP contribution < -0.4 is 10.6 Å². The minimum absolute atomic E-state index is 0.00162. The van der Waals surface area contributed by atoms with E-state index in [4.69, 9.17) is 0 Å². The van der Waals surface area contributed by atoms with E-state index in [0.717, 1.165) is 6.42 Å². The third kappa shape index (κ3) is 7.31. The Morgan fingerprint density at radius 3 is 2.15 bits per heavy atom. The lowest BCUT2D eigenvalue weighted by Crippen LogP contribution is -2.30. The van der Waals surface area contributed by atoms with E-state index in [2.05, 4.69) is 10.6 Å². The van der Waals surface area contributed by atoms with Gasteiger partial charge in [-0.25, -0.2) is 0 Å². The molecule has 0 aliphatic rings. The Morgan fingerprint density at radius 2 is 1.62 bits per heavy atom.